The summed E-state index contributed by atoms with van der Waals surface area (Å²) in [4.78, 5) is 25.3. The number of nitrogens with zero attached hydrogens (tertiary/aromatic N) is 1. The van der Waals surface area contributed by atoms with Crippen molar-refractivity contribution in [1.29, 1.82) is 0 Å². The smallest absolute Gasteiger partial charge is 0.416 e. The maximum Gasteiger partial charge on any atom is 0.416 e. The van der Waals surface area contributed by atoms with E-state index in [2.05, 4.69) is 5.32 Å². The lowest BCUT2D eigenvalue weighted by Crippen LogP contribution is -2.54. The number of hydrogen-bond acceptors (Lipinski definition) is 4. The summed E-state index contributed by atoms with van der Waals surface area (Å²) in [5.74, 6) is -1.12. The second kappa shape index (κ2) is 7.38. The number of carbonyl (C=O) groups is 2. The van der Waals surface area contributed by atoms with Crippen molar-refractivity contribution in [2.24, 2.45) is 0 Å². The van der Waals surface area contributed by atoms with Crippen molar-refractivity contribution in [3.63, 3.8) is 0 Å². The summed E-state index contributed by atoms with van der Waals surface area (Å²) in [6.07, 6.45) is -4.85. The molecule has 1 fully saturated rings. The first-order valence-corrected chi connectivity index (χ1v) is 8.45. The van der Waals surface area contributed by atoms with Crippen LogP contribution in [0.3, 0.4) is 0 Å². The predicted octanol–water partition coefficient (Wildman–Crippen LogP) is 3.26. The molecule has 0 saturated carbocycles. The number of aliphatic carboxylic acids is 1. The van der Waals surface area contributed by atoms with Gasteiger partial charge in [-0.25, -0.2) is 4.79 Å². The molecule has 9 heteroatoms. The third-order valence-corrected chi connectivity index (χ3v) is 4.24. The van der Waals surface area contributed by atoms with Crippen molar-refractivity contribution in [3.8, 4) is 0 Å². The highest BCUT2D eigenvalue weighted by molar-refractivity contribution is 5.81. The lowest BCUT2D eigenvalue weighted by molar-refractivity contribution is -0.144. The lowest BCUT2D eigenvalue weighted by Gasteiger charge is -2.28. The number of amides is 1. The van der Waals surface area contributed by atoms with Crippen molar-refractivity contribution in [2.45, 2.75) is 51.1 Å². The molecule has 1 aliphatic rings. The minimum absolute atomic E-state index is 0.0621. The summed E-state index contributed by atoms with van der Waals surface area (Å²) >= 11 is 0. The van der Waals surface area contributed by atoms with Crippen LogP contribution in [-0.2, 0) is 22.3 Å². The van der Waals surface area contributed by atoms with Gasteiger partial charge in [-0.05, 0) is 44.9 Å². The van der Waals surface area contributed by atoms with E-state index in [4.69, 9.17) is 4.74 Å². The number of likely N-dealkylation sites (tertiary alicyclic amines) is 1. The van der Waals surface area contributed by atoms with Crippen LogP contribution in [0.25, 0.3) is 0 Å². The largest absolute Gasteiger partial charge is 0.480 e. The molecule has 0 aromatic heterocycles. The van der Waals surface area contributed by atoms with Gasteiger partial charge in [-0.1, -0.05) is 12.1 Å². The van der Waals surface area contributed by atoms with Crippen LogP contribution in [0.2, 0.25) is 0 Å². The van der Waals surface area contributed by atoms with Crippen molar-refractivity contribution in [1.82, 2.24) is 10.2 Å². The zero-order chi connectivity index (χ0) is 20.5. The molecule has 6 nitrogen and oxygen atoms in total. The number of rotatable bonds is 4. The highest BCUT2D eigenvalue weighted by Gasteiger charge is 2.47. The molecule has 150 valence electrons. The Bertz CT molecular complexity index is 698. The topological polar surface area (TPSA) is 78.9 Å². The third kappa shape index (κ3) is 5.35. The van der Waals surface area contributed by atoms with E-state index < -0.39 is 34.9 Å². The summed E-state index contributed by atoms with van der Waals surface area (Å²) in [5, 5.41) is 12.5. The summed E-state index contributed by atoms with van der Waals surface area (Å²) in [5.41, 5.74) is -2.32. The summed E-state index contributed by atoms with van der Waals surface area (Å²) in [7, 11) is 0. The van der Waals surface area contributed by atoms with Gasteiger partial charge in [0.25, 0.3) is 0 Å². The van der Waals surface area contributed by atoms with E-state index in [1.807, 2.05) is 0 Å². The van der Waals surface area contributed by atoms with Gasteiger partial charge in [-0.3, -0.25) is 10.1 Å². The lowest BCUT2D eigenvalue weighted by atomic mass is 9.98. The van der Waals surface area contributed by atoms with Gasteiger partial charge in [0, 0.05) is 13.1 Å². The first-order chi connectivity index (χ1) is 12.3. The molecule has 27 heavy (non-hydrogen) atoms. The average molecular weight is 388 g/mol. The van der Waals surface area contributed by atoms with Gasteiger partial charge in [-0.15, -0.1) is 0 Å². The molecule has 0 aliphatic carbocycles. The van der Waals surface area contributed by atoms with Gasteiger partial charge in [-0.2, -0.15) is 13.2 Å². The van der Waals surface area contributed by atoms with Crippen LogP contribution in [0.15, 0.2) is 24.3 Å². The van der Waals surface area contributed by atoms with Gasteiger partial charge < -0.3 is 14.7 Å². The molecule has 1 aromatic carbocycles. The minimum atomic E-state index is -4.42. The maximum atomic E-state index is 12.6. The Labute approximate surface area is 155 Å². The molecular weight excluding hydrogens is 365 g/mol. The molecule has 1 unspecified atom stereocenters. The summed E-state index contributed by atoms with van der Waals surface area (Å²) in [6.45, 7) is 5.34. The molecular formula is C18H23F3N2O4. The van der Waals surface area contributed by atoms with E-state index in [0.29, 0.717) is 5.56 Å². The zero-order valence-electron chi connectivity index (χ0n) is 15.4. The Morgan fingerprint density at radius 3 is 2.30 bits per heavy atom. The van der Waals surface area contributed by atoms with E-state index in [1.54, 1.807) is 20.8 Å². The molecule has 0 bridgehead atoms. The summed E-state index contributed by atoms with van der Waals surface area (Å²) < 4.78 is 43.1. The molecule has 0 radical (unpaired) electrons. The van der Waals surface area contributed by atoms with Crippen LogP contribution in [0.1, 0.15) is 38.3 Å². The molecule has 2 N–H and O–H groups in total. The molecule has 1 atom stereocenters. The Morgan fingerprint density at radius 1 is 1.22 bits per heavy atom. The molecule has 1 saturated heterocycles. The van der Waals surface area contributed by atoms with Crippen LogP contribution in [0, 0.1) is 0 Å². The number of ether oxygens (including phenoxy) is 1. The molecule has 1 aliphatic heterocycles. The molecule has 2 rings (SSSR count). The Hall–Kier alpha value is -2.29. The number of hydrogen-bond donors (Lipinski definition) is 2. The second-order valence-corrected chi connectivity index (χ2v) is 7.59. The van der Waals surface area contributed by atoms with Crippen LogP contribution in [0.5, 0.6) is 0 Å². The summed E-state index contributed by atoms with van der Waals surface area (Å²) in [6, 6.07) is 4.50. The third-order valence-electron chi connectivity index (χ3n) is 4.24. The number of carboxylic acid groups (broad SMARTS) is 1. The number of nitrogens with one attached hydrogen (secondary N) is 1. The van der Waals surface area contributed by atoms with E-state index in [1.165, 1.54) is 17.0 Å². The number of carbonyl (C=O) groups excluding carboxylic acids is 1. The van der Waals surface area contributed by atoms with Crippen LogP contribution >= 0.6 is 0 Å². The van der Waals surface area contributed by atoms with Crippen LogP contribution in [-0.4, -0.2) is 46.3 Å². The Kier molecular flexibility index (Phi) is 5.74. The highest BCUT2D eigenvalue weighted by Crippen LogP contribution is 2.29. The predicted molar refractivity (Wildman–Crippen MR) is 91.1 cm³/mol. The van der Waals surface area contributed by atoms with Crippen molar-refractivity contribution >= 4 is 12.1 Å². The monoisotopic (exact) mass is 388 g/mol. The fraction of sp³-hybridized carbons (Fsp3) is 0.556. The van der Waals surface area contributed by atoms with Crippen molar-refractivity contribution in [2.75, 3.05) is 13.1 Å². The second-order valence-electron chi connectivity index (χ2n) is 7.59. The van der Waals surface area contributed by atoms with Gasteiger partial charge in [0.05, 0.1) is 12.1 Å². The number of carboxylic acids is 1. The fourth-order valence-electron chi connectivity index (χ4n) is 2.77. The molecule has 1 heterocycles. The highest BCUT2D eigenvalue weighted by atomic mass is 19.4. The van der Waals surface area contributed by atoms with Gasteiger partial charge in [0.1, 0.15) is 11.1 Å². The average Bonchev–Trinajstić information content (AvgIpc) is 2.97. The van der Waals surface area contributed by atoms with Crippen LogP contribution in [0.4, 0.5) is 18.0 Å². The fourth-order valence-corrected chi connectivity index (χ4v) is 2.77. The number of halogens is 3. The molecule has 1 amide bonds. The van der Waals surface area contributed by atoms with Crippen molar-refractivity contribution < 1.29 is 32.6 Å². The normalized spacial score (nSPS) is 20.6. The molecule has 1 aromatic rings. The first-order valence-electron chi connectivity index (χ1n) is 8.45. The quantitative estimate of drug-likeness (QED) is 0.828. The van der Waals surface area contributed by atoms with E-state index in [9.17, 15) is 27.9 Å². The van der Waals surface area contributed by atoms with E-state index in [0.717, 1.165) is 12.1 Å². The molecule has 0 spiro atoms. The Balaban J connectivity index is 2.04. The Morgan fingerprint density at radius 2 is 1.81 bits per heavy atom. The van der Waals surface area contributed by atoms with E-state index in [-0.39, 0.29) is 26.1 Å². The van der Waals surface area contributed by atoms with Crippen LogP contribution < -0.4 is 5.32 Å². The minimum Gasteiger partial charge on any atom is -0.480 e. The first kappa shape index (κ1) is 21.0. The SMILES string of the molecule is CC(C)(C)OC(=O)N1CCC(NCc2ccc(C(F)(F)F)cc2)(C(=O)O)C1. The van der Waals surface area contributed by atoms with E-state index >= 15 is 0 Å². The standard InChI is InChI=1S/C18H23F3N2O4/c1-16(2,3)27-15(26)23-9-8-17(11-23,14(24)25)22-10-12-4-6-13(7-5-12)18(19,20)21/h4-7,22H,8-11H2,1-3H3,(H,24,25). The van der Waals surface area contributed by atoms with Gasteiger partial charge in [0.15, 0.2) is 0 Å². The number of alkyl halides is 3. The zero-order valence-corrected chi connectivity index (χ0v) is 15.4. The van der Waals surface area contributed by atoms with Crippen molar-refractivity contribution in [3.05, 3.63) is 35.4 Å². The number of benzene rings is 1. The maximum absolute atomic E-state index is 12.6. The van der Waals surface area contributed by atoms with Gasteiger partial charge >= 0.3 is 18.2 Å². The van der Waals surface area contributed by atoms with Gasteiger partial charge in [0.2, 0.25) is 0 Å².